The molecule has 128 valence electrons. The quantitative estimate of drug-likeness (QED) is 0.876. The number of hydrogen-bond donors (Lipinski definition) is 2. The zero-order valence-electron chi connectivity index (χ0n) is 14.2. The SMILES string of the molecule is Cc1cc(C)cc([C@H](O)CNc2cc(N3CCOCC3)ncn2)c1. The maximum atomic E-state index is 10.4. The molecule has 1 atom stereocenters. The van der Waals surface area contributed by atoms with Crippen molar-refractivity contribution < 1.29 is 9.84 Å². The number of hydrogen-bond acceptors (Lipinski definition) is 6. The van der Waals surface area contributed by atoms with E-state index in [0.717, 1.165) is 54.6 Å². The lowest BCUT2D eigenvalue weighted by atomic mass is 10.0. The molecule has 3 rings (SSSR count). The number of aliphatic hydroxyl groups excluding tert-OH is 1. The Morgan fingerprint density at radius 3 is 2.54 bits per heavy atom. The number of nitrogens with zero attached hydrogens (tertiary/aromatic N) is 3. The van der Waals surface area contributed by atoms with Crippen molar-refractivity contribution in [2.45, 2.75) is 20.0 Å². The summed E-state index contributed by atoms with van der Waals surface area (Å²) in [6.45, 7) is 7.59. The molecule has 2 heterocycles. The molecule has 1 fully saturated rings. The molecular formula is C18H24N4O2. The lowest BCUT2D eigenvalue weighted by Gasteiger charge is -2.27. The second kappa shape index (κ2) is 7.59. The van der Waals surface area contributed by atoms with E-state index in [9.17, 15) is 5.11 Å². The second-order valence-electron chi connectivity index (χ2n) is 6.18. The highest BCUT2D eigenvalue weighted by Gasteiger charge is 2.14. The van der Waals surface area contributed by atoms with Crippen LogP contribution in [0.5, 0.6) is 0 Å². The van der Waals surface area contributed by atoms with Gasteiger partial charge in [0, 0.05) is 25.7 Å². The van der Waals surface area contributed by atoms with Crippen molar-refractivity contribution in [3.05, 3.63) is 47.3 Å². The standard InChI is InChI=1S/C18H24N4O2/c1-13-7-14(2)9-15(8-13)16(23)11-19-17-10-18(21-12-20-17)22-3-5-24-6-4-22/h7-10,12,16,23H,3-6,11H2,1-2H3,(H,19,20,21)/t16-/m1/s1. The van der Waals surface area contributed by atoms with E-state index < -0.39 is 6.10 Å². The van der Waals surface area contributed by atoms with Crippen molar-refractivity contribution in [2.24, 2.45) is 0 Å². The van der Waals surface area contributed by atoms with Crippen molar-refractivity contribution in [3.63, 3.8) is 0 Å². The first-order chi connectivity index (χ1) is 11.6. The number of morpholine rings is 1. The van der Waals surface area contributed by atoms with Gasteiger partial charge in [0.2, 0.25) is 0 Å². The average molecular weight is 328 g/mol. The Morgan fingerprint density at radius 2 is 1.83 bits per heavy atom. The minimum absolute atomic E-state index is 0.405. The van der Waals surface area contributed by atoms with E-state index in [1.807, 2.05) is 32.0 Å². The van der Waals surface area contributed by atoms with Crippen LogP contribution in [-0.2, 0) is 4.74 Å². The van der Waals surface area contributed by atoms with E-state index in [2.05, 4.69) is 26.3 Å². The van der Waals surface area contributed by atoms with Crippen LogP contribution in [0.3, 0.4) is 0 Å². The molecule has 24 heavy (non-hydrogen) atoms. The van der Waals surface area contributed by atoms with E-state index in [0.29, 0.717) is 6.54 Å². The molecule has 1 aromatic carbocycles. The third-order valence-corrected chi connectivity index (χ3v) is 4.09. The molecule has 0 bridgehead atoms. The fourth-order valence-electron chi connectivity index (χ4n) is 2.93. The molecule has 1 aliphatic heterocycles. The van der Waals surface area contributed by atoms with Gasteiger partial charge in [0.15, 0.2) is 0 Å². The van der Waals surface area contributed by atoms with Crippen LogP contribution in [0.4, 0.5) is 11.6 Å². The number of rotatable bonds is 5. The fourth-order valence-corrected chi connectivity index (χ4v) is 2.93. The van der Waals surface area contributed by atoms with Crippen molar-refractivity contribution >= 4 is 11.6 Å². The van der Waals surface area contributed by atoms with Gasteiger partial charge in [-0.2, -0.15) is 0 Å². The molecule has 2 aromatic rings. The van der Waals surface area contributed by atoms with Gasteiger partial charge < -0.3 is 20.1 Å². The zero-order chi connectivity index (χ0) is 16.9. The summed E-state index contributed by atoms with van der Waals surface area (Å²) in [6, 6.07) is 8.04. The summed E-state index contributed by atoms with van der Waals surface area (Å²) >= 11 is 0. The summed E-state index contributed by atoms with van der Waals surface area (Å²) in [6.07, 6.45) is 0.974. The summed E-state index contributed by atoms with van der Waals surface area (Å²) in [5.74, 6) is 1.60. The number of nitrogens with one attached hydrogen (secondary N) is 1. The Labute approximate surface area is 142 Å². The molecule has 0 saturated carbocycles. The smallest absolute Gasteiger partial charge is 0.134 e. The van der Waals surface area contributed by atoms with Crippen LogP contribution in [0.25, 0.3) is 0 Å². The van der Waals surface area contributed by atoms with Gasteiger partial charge in [-0.1, -0.05) is 29.3 Å². The maximum Gasteiger partial charge on any atom is 0.134 e. The maximum absolute atomic E-state index is 10.4. The Hall–Kier alpha value is -2.18. The van der Waals surface area contributed by atoms with Crippen LogP contribution in [0.2, 0.25) is 0 Å². The molecule has 0 radical (unpaired) electrons. The molecule has 6 heteroatoms. The fraction of sp³-hybridized carbons (Fsp3) is 0.444. The Balaban J connectivity index is 1.63. The van der Waals surface area contributed by atoms with Crippen LogP contribution in [0.15, 0.2) is 30.6 Å². The first-order valence-corrected chi connectivity index (χ1v) is 8.27. The van der Waals surface area contributed by atoms with Crippen LogP contribution in [-0.4, -0.2) is 47.9 Å². The molecule has 6 nitrogen and oxygen atoms in total. The molecule has 0 spiro atoms. The van der Waals surface area contributed by atoms with Crippen LogP contribution >= 0.6 is 0 Å². The average Bonchev–Trinajstić information content (AvgIpc) is 2.60. The number of aryl methyl sites for hydroxylation is 2. The Kier molecular flexibility index (Phi) is 5.27. The topological polar surface area (TPSA) is 70.5 Å². The predicted molar refractivity (Wildman–Crippen MR) is 94.4 cm³/mol. The van der Waals surface area contributed by atoms with Crippen LogP contribution < -0.4 is 10.2 Å². The van der Waals surface area contributed by atoms with Crippen LogP contribution in [0, 0.1) is 13.8 Å². The largest absolute Gasteiger partial charge is 0.387 e. The lowest BCUT2D eigenvalue weighted by Crippen LogP contribution is -2.36. The van der Waals surface area contributed by atoms with E-state index in [1.165, 1.54) is 0 Å². The second-order valence-corrected chi connectivity index (χ2v) is 6.18. The number of ether oxygens (including phenoxy) is 1. The van der Waals surface area contributed by atoms with Gasteiger partial charge >= 0.3 is 0 Å². The van der Waals surface area contributed by atoms with Gasteiger partial charge in [-0.05, 0) is 19.4 Å². The lowest BCUT2D eigenvalue weighted by molar-refractivity contribution is 0.122. The molecular weight excluding hydrogens is 304 g/mol. The highest BCUT2D eigenvalue weighted by atomic mass is 16.5. The first-order valence-electron chi connectivity index (χ1n) is 8.27. The third kappa shape index (κ3) is 4.21. The first kappa shape index (κ1) is 16.7. The minimum atomic E-state index is -0.578. The van der Waals surface area contributed by atoms with E-state index in [1.54, 1.807) is 6.33 Å². The molecule has 1 aliphatic rings. The minimum Gasteiger partial charge on any atom is -0.387 e. The molecule has 0 aliphatic carbocycles. The summed E-state index contributed by atoms with van der Waals surface area (Å²) in [5, 5.41) is 13.6. The van der Waals surface area contributed by atoms with Crippen molar-refractivity contribution in [1.29, 1.82) is 0 Å². The Bertz CT molecular complexity index is 666. The number of aliphatic hydroxyl groups is 1. The van der Waals surface area contributed by atoms with E-state index in [4.69, 9.17) is 4.74 Å². The van der Waals surface area contributed by atoms with Gasteiger partial charge in [-0.3, -0.25) is 0 Å². The number of anilines is 2. The van der Waals surface area contributed by atoms with Crippen molar-refractivity contribution in [2.75, 3.05) is 43.1 Å². The van der Waals surface area contributed by atoms with Gasteiger partial charge in [-0.25, -0.2) is 9.97 Å². The number of aromatic nitrogens is 2. The summed E-state index contributed by atoms with van der Waals surface area (Å²) < 4.78 is 5.36. The predicted octanol–water partition coefficient (Wildman–Crippen LogP) is 2.08. The molecule has 1 aromatic heterocycles. The van der Waals surface area contributed by atoms with E-state index >= 15 is 0 Å². The highest BCUT2D eigenvalue weighted by Crippen LogP contribution is 2.19. The third-order valence-electron chi connectivity index (χ3n) is 4.09. The normalized spacial score (nSPS) is 16.0. The molecule has 2 N–H and O–H groups in total. The van der Waals surface area contributed by atoms with Crippen molar-refractivity contribution in [1.82, 2.24) is 9.97 Å². The highest BCUT2D eigenvalue weighted by molar-refractivity contribution is 5.48. The Morgan fingerprint density at radius 1 is 1.12 bits per heavy atom. The zero-order valence-corrected chi connectivity index (χ0v) is 14.2. The molecule has 0 amide bonds. The molecule has 1 saturated heterocycles. The van der Waals surface area contributed by atoms with Crippen LogP contribution in [0.1, 0.15) is 22.8 Å². The van der Waals surface area contributed by atoms with Gasteiger partial charge in [0.05, 0.1) is 19.3 Å². The summed E-state index contributed by atoms with van der Waals surface area (Å²) in [4.78, 5) is 10.7. The van der Waals surface area contributed by atoms with Gasteiger partial charge in [-0.15, -0.1) is 0 Å². The summed E-state index contributed by atoms with van der Waals surface area (Å²) in [7, 11) is 0. The van der Waals surface area contributed by atoms with E-state index in [-0.39, 0.29) is 0 Å². The molecule has 0 unspecified atom stereocenters. The summed E-state index contributed by atoms with van der Waals surface area (Å²) in [5.41, 5.74) is 3.23. The monoisotopic (exact) mass is 328 g/mol. The van der Waals surface area contributed by atoms with Gasteiger partial charge in [0.1, 0.15) is 18.0 Å². The van der Waals surface area contributed by atoms with Gasteiger partial charge in [0.25, 0.3) is 0 Å². The van der Waals surface area contributed by atoms with Crippen molar-refractivity contribution in [3.8, 4) is 0 Å². The number of benzene rings is 1.